The van der Waals surface area contributed by atoms with Gasteiger partial charge in [0.1, 0.15) is 22.9 Å². The van der Waals surface area contributed by atoms with E-state index in [2.05, 4.69) is 10.2 Å². The number of phenolic OH excluding ortho intramolecular Hbond substituents is 1. The Hall–Kier alpha value is -3.32. The van der Waals surface area contributed by atoms with Crippen molar-refractivity contribution in [1.82, 2.24) is 15.1 Å². The smallest absolute Gasteiger partial charge is 0.273 e. The summed E-state index contributed by atoms with van der Waals surface area (Å²) in [5.41, 5.74) is 3.05. The van der Waals surface area contributed by atoms with Crippen LogP contribution in [0.25, 0.3) is 11.3 Å². The van der Waals surface area contributed by atoms with E-state index in [4.69, 9.17) is 4.74 Å². The minimum atomic E-state index is -0.418. The predicted molar refractivity (Wildman–Crippen MR) is 108 cm³/mol. The van der Waals surface area contributed by atoms with Crippen LogP contribution in [-0.2, 0) is 0 Å². The molecule has 4 rings (SSSR count). The molecule has 0 fully saturated rings. The maximum atomic E-state index is 13.0. The Morgan fingerprint density at radius 3 is 2.62 bits per heavy atom. The van der Waals surface area contributed by atoms with Gasteiger partial charge in [-0.25, -0.2) is 0 Å². The van der Waals surface area contributed by atoms with Crippen LogP contribution >= 0.6 is 0 Å². The number of carbonyl (C=O) groups excluding carboxylic acids is 1. The molecule has 1 aliphatic rings. The van der Waals surface area contributed by atoms with E-state index in [1.807, 2.05) is 37.3 Å². The van der Waals surface area contributed by atoms with Crippen LogP contribution in [0.3, 0.4) is 0 Å². The van der Waals surface area contributed by atoms with Gasteiger partial charge in [0.25, 0.3) is 5.91 Å². The van der Waals surface area contributed by atoms with Crippen molar-refractivity contribution in [3.8, 4) is 22.8 Å². The van der Waals surface area contributed by atoms with Gasteiger partial charge in [-0.1, -0.05) is 31.2 Å². The van der Waals surface area contributed by atoms with Gasteiger partial charge < -0.3 is 19.8 Å². The molecule has 2 aromatic carbocycles. The van der Waals surface area contributed by atoms with Crippen molar-refractivity contribution in [3.05, 3.63) is 65.4 Å². The van der Waals surface area contributed by atoms with Gasteiger partial charge in [0, 0.05) is 17.7 Å². The molecule has 3 aromatic rings. The van der Waals surface area contributed by atoms with Crippen LogP contribution in [0.2, 0.25) is 0 Å². The topological polar surface area (TPSA) is 98.7 Å². The number of nitrogens with zero attached hydrogens (tertiary/aromatic N) is 2. The summed E-state index contributed by atoms with van der Waals surface area (Å²) in [6.07, 6.45) is 0.922. The van der Waals surface area contributed by atoms with Crippen molar-refractivity contribution in [2.24, 2.45) is 0 Å². The SMILES string of the molecule is CCCOc1ccc([C@@H]2c3c(-c4ccccc4O)n[nH]c3C(=O)N2CCO)cc1. The van der Waals surface area contributed by atoms with Gasteiger partial charge in [-0.2, -0.15) is 5.10 Å². The normalized spacial score (nSPS) is 15.6. The molecule has 1 atom stereocenters. The standard InChI is InChI=1S/C22H23N3O4/c1-2-13-29-15-9-7-14(8-10-15)21-18-19(16-5-3-4-6-17(16)27)23-24-20(18)22(28)25(21)11-12-26/h3-10,21,26-27H,2,11-13H2,1H3,(H,23,24)/t21-/m1/s1. The second kappa shape index (κ2) is 7.97. The first kappa shape index (κ1) is 19.0. The van der Waals surface area contributed by atoms with Crippen LogP contribution in [-0.4, -0.2) is 51.0 Å². The van der Waals surface area contributed by atoms with E-state index in [-0.39, 0.29) is 24.8 Å². The summed E-state index contributed by atoms with van der Waals surface area (Å²) in [7, 11) is 0. The third-order valence-electron chi connectivity index (χ3n) is 5.03. The summed E-state index contributed by atoms with van der Waals surface area (Å²) in [5, 5.41) is 27.0. The van der Waals surface area contributed by atoms with Crippen LogP contribution in [0.5, 0.6) is 11.5 Å². The fourth-order valence-electron chi connectivity index (χ4n) is 3.73. The highest BCUT2D eigenvalue weighted by Crippen LogP contribution is 2.44. The van der Waals surface area contributed by atoms with Gasteiger partial charge >= 0.3 is 0 Å². The Labute approximate surface area is 168 Å². The highest BCUT2D eigenvalue weighted by Gasteiger charge is 2.42. The summed E-state index contributed by atoms with van der Waals surface area (Å²) < 4.78 is 5.66. The number of hydrogen-bond donors (Lipinski definition) is 3. The van der Waals surface area contributed by atoms with Gasteiger partial charge in [0.05, 0.1) is 19.3 Å². The molecule has 1 aliphatic heterocycles. The number of H-pyrrole nitrogens is 1. The van der Waals surface area contributed by atoms with Crippen molar-refractivity contribution in [3.63, 3.8) is 0 Å². The molecular formula is C22H23N3O4. The molecule has 3 N–H and O–H groups in total. The van der Waals surface area contributed by atoms with Gasteiger partial charge in [-0.05, 0) is 36.2 Å². The number of nitrogens with one attached hydrogen (secondary N) is 1. The predicted octanol–water partition coefficient (Wildman–Crippen LogP) is 3.11. The lowest BCUT2D eigenvalue weighted by Gasteiger charge is -2.25. The van der Waals surface area contributed by atoms with E-state index >= 15 is 0 Å². The maximum absolute atomic E-state index is 13.0. The van der Waals surface area contributed by atoms with Crippen molar-refractivity contribution >= 4 is 5.91 Å². The first-order valence-electron chi connectivity index (χ1n) is 9.67. The molecule has 7 heteroatoms. The van der Waals surface area contributed by atoms with E-state index in [0.717, 1.165) is 17.7 Å². The molecule has 7 nitrogen and oxygen atoms in total. The van der Waals surface area contributed by atoms with Crippen LogP contribution < -0.4 is 4.74 Å². The van der Waals surface area contributed by atoms with Crippen LogP contribution in [0.1, 0.15) is 41.0 Å². The number of benzene rings is 2. The minimum absolute atomic E-state index is 0.0944. The van der Waals surface area contributed by atoms with Gasteiger partial charge in [-0.3, -0.25) is 9.89 Å². The molecule has 2 heterocycles. The molecule has 29 heavy (non-hydrogen) atoms. The first-order valence-corrected chi connectivity index (χ1v) is 9.67. The zero-order valence-electron chi connectivity index (χ0n) is 16.1. The number of rotatable bonds is 7. The summed E-state index contributed by atoms with van der Waals surface area (Å²) in [6.45, 7) is 2.73. The maximum Gasteiger partial charge on any atom is 0.273 e. The molecule has 1 aromatic heterocycles. The third-order valence-corrected chi connectivity index (χ3v) is 5.03. The lowest BCUT2D eigenvalue weighted by atomic mass is 9.95. The number of para-hydroxylation sites is 1. The number of aromatic nitrogens is 2. The van der Waals surface area contributed by atoms with Gasteiger partial charge in [-0.15, -0.1) is 0 Å². The quantitative estimate of drug-likeness (QED) is 0.573. The van der Waals surface area contributed by atoms with Crippen molar-refractivity contribution in [1.29, 1.82) is 0 Å². The third kappa shape index (κ3) is 3.34. The van der Waals surface area contributed by atoms with Gasteiger partial charge in [0.2, 0.25) is 0 Å². The fraction of sp³-hybridized carbons (Fsp3) is 0.273. The molecule has 0 bridgehead atoms. The zero-order chi connectivity index (χ0) is 20.4. The van der Waals surface area contributed by atoms with Crippen LogP contribution in [0.15, 0.2) is 48.5 Å². The second-order valence-corrected chi connectivity index (χ2v) is 6.92. The molecular weight excluding hydrogens is 370 g/mol. The van der Waals surface area contributed by atoms with E-state index < -0.39 is 6.04 Å². The Morgan fingerprint density at radius 2 is 1.93 bits per heavy atom. The van der Waals surface area contributed by atoms with Crippen molar-refractivity contribution in [2.45, 2.75) is 19.4 Å². The Balaban J connectivity index is 1.80. The number of phenols is 1. The molecule has 0 saturated heterocycles. The number of aromatic amines is 1. The Kier molecular flexibility index (Phi) is 5.22. The van der Waals surface area contributed by atoms with E-state index in [1.54, 1.807) is 23.1 Å². The monoisotopic (exact) mass is 393 g/mol. The Morgan fingerprint density at radius 1 is 1.17 bits per heavy atom. The number of fused-ring (bicyclic) bond motifs is 1. The lowest BCUT2D eigenvalue weighted by molar-refractivity contribution is 0.0706. The number of aliphatic hydroxyl groups excluding tert-OH is 1. The number of β-amino-alcohol motifs (C(OH)–C–C–N with tert-alkyl or cyclic N) is 1. The van der Waals surface area contributed by atoms with Crippen molar-refractivity contribution < 1.29 is 19.7 Å². The van der Waals surface area contributed by atoms with E-state index in [9.17, 15) is 15.0 Å². The Bertz CT molecular complexity index is 1010. The number of aliphatic hydroxyl groups is 1. The van der Waals surface area contributed by atoms with E-state index in [0.29, 0.717) is 29.1 Å². The number of amides is 1. The van der Waals surface area contributed by atoms with Crippen LogP contribution in [0, 0.1) is 0 Å². The molecule has 0 saturated carbocycles. The number of aromatic hydroxyl groups is 1. The summed E-state index contributed by atoms with van der Waals surface area (Å²) in [4.78, 5) is 14.6. The average molecular weight is 393 g/mol. The molecule has 0 unspecified atom stereocenters. The summed E-state index contributed by atoms with van der Waals surface area (Å²) in [6, 6.07) is 14.1. The summed E-state index contributed by atoms with van der Waals surface area (Å²) >= 11 is 0. The average Bonchev–Trinajstić information content (AvgIpc) is 3.27. The minimum Gasteiger partial charge on any atom is -0.507 e. The second-order valence-electron chi connectivity index (χ2n) is 6.92. The fourth-order valence-corrected chi connectivity index (χ4v) is 3.73. The number of carbonyl (C=O) groups is 1. The molecule has 0 aliphatic carbocycles. The largest absolute Gasteiger partial charge is 0.507 e. The molecule has 150 valence electrons. The summed E-state index contributed by atoms with van der Waals surface area (Å²) in [5.74, 6) is 0.637. The molecule has 0 radical (unpaired) electrons. The van der Waals surface area contributed by atoms with Gasteiger partial charge in [0.15, 0.2) is 0 Å². The highest BCUT2D eigenvalue weighted by molar-refractivity contribution is 6.00. The molecule has 0 spiro atoms. The molecule has 1 amide bonds. The van der Waals surface area contributed by atoms with E-state index in [1.165, 1.54) is 0 Å². The van der Waals surface area contributed by atoms with Crippen LogP contribution in [0.4, 0.5) is 0 Å². The highest BCUT2D eigenvalue weighted by atomic mass is 16.5. The lowest BCUT2D eigenvalue weighted by Crippen LogP contribution is -2.32. The van der Waals surface area contributed by atoms with Crippen molar-refractivity contribution in [2.75, 3.05) is 19.8 Å². The first-order chi connectivity index (χ1) is 14.2. The zero-order valence-corrected chi connectivity index (χ0v) is 16.1. The number of hydrogen-bond acceptors (Lipinski definition) is 5. The number of ether oxygens (including phenoxy) is 1.